The Kier molecular flexibility index (Phi) is 4.65. The SMILES string of the molecule is CCC(CC)CN1CC(CN)Cc2ccccc21. The second kappa shape index (κ2) is 6.24. The summed E-state index contributed by atoms with van der Waals surface area (Å²) in [5, 5.41) is 0. The van der Waals surface area contributed by atoms with Crippen LogP contribution in [0.3, 0.4) is 0 Å². The van der Waals surface area contributed by atoms with Crippen LogP contribution < -0.4 is 10.6 Å². The van der Waals surface area contributed by atoms with Gasteiger partial charge >= 0.3 is 0 Å². The molecule has 0 fully saturated rings. The molecule has 1 atom stereocenters. The summed E-state index contributed by atoms with van der Waals surface area (Å²) >= 11 is 0. The molecular formula is C16H26N2. The van der Waals surface area contributed by atoms with Crippen molar-refractivity contribution in [3.05, 3.63) is 29.8 Å². The maximum Gasteiger partial charge on any atom is 0.0399 e. The average molecular weight is 246 g/mol. The zero-order valence-corrected chi connectivity index (χ0v) is 11.7. The van der Waals surface area contributed by atoms with E-state index < -0.39 is 0 Å². The first-order chi connectivity index (χ1) is 8.78. The van der Waals surface area contributed by atoms with Crippen LogP contribution in [0, 0.1) is 11.8 Å². The topological polar surface area (TPSA) is 29.3 Å². The molecule has 0 saturated heterocycles. The highest BCUT2D eigenvalue weighted by Gasteiger charge is 2.24. The zero-order chi connectivity index (χ0) is 13.0. The minimum atomic E-state index is 0.620. The van der Waals surface area contributed by atoms with Gasteiger partial charge in [0.25, 0.3) is 0 Å². The highest BCUT2D eigenvalue weighted by atomic mass is 15.1. The lowest BCUT2D eigenvalue weighted by molar-refractivity contribution is 0.436. The van der Waals surface area contributed by atoms with Crippen molar-refractivity contribution in [3.8, 4) is 0 Å². The number of para-hydroxylation sites is 1. The zero-order valence-electron chi connectivity index (χ0n) is 11.7. The molecule has 1 aliphatic heterocycles. The second-order valence-corrected chi connectivity index (χ2v) is 5.52. The average Bonchev–Trinajstić information content (AvgIpc) is 2.44. The van der Waals surface area contributed by atoms with Crippen molar-refractivity contribution in [1.82, 2.24) is 0 Å². The third kappa shape index (κ3) is 2.86. The molecule has 2 heteroatoms. The number of fused-ring (bicyclic) bond motifs is 1. The van der Waals surface area contributed by atoms with Gasteiger partial charge in [0.2, 0.25) is 0 Å². The Morgan fingerprint density at radius 1 is 1.28 bits per heavy atom. The third-order valence-corrected chi connectivity index (χ3v) is 4.29. The Morgan fingerprint density at radius 3 is 2.67 bits per heavy atom. The van der Waals surface area contributed by atoms with Crippen molar-refractivity contribution in [2.24, 2.45) is 17.6 Å². The molecular weight excluding hydrogens is 220 g/mol. The van der Waals surface area contributed by atoms with E-state index in [0.717, 1.165) is 25.4 Å². The third-order valence-electron chi connectivity index (χ3n) is 4.29. The summed E-state index contributed by atoms with van der Waals surface area (Å²) in [4.78, 5) is 2.56. The summed E-state index contributed by atoms with van der Waals surface area (Å²) in [7, 11) is 0. The van der Waals surface area contributed by atoms with Gasteiger partial charge in [0.05, 0.1) is 0 Å². The minimum absolute atomic E-state index is 0.620. The number of anilines is 1. The van der Waals surface area contributed by atoms with Crippen LogP contribution >= 0.6 is 0 Å². The van der Waals surface area contributed by atoms with Crippen LogP contribution in [0.2, 0.25) is 0 Å². The van der Waals surface area contributed by atoms with E-state index in [-0.39, 0.29) is 0 Å². The van der Waals surface area contributed by atoms with Gasteiger partial charge in [0.1, 0.15) is 0 Å². The smallest absolute Gasteiger partial charge is 0.0399 e. The van der Waals surface area contributed by atoms with Crippen LogP contribution in [0.25, 0.3) is 0 Å². The molecule has 1 aromatic rings. The van der Waals surface area contributed by atoms with Gasteiger partial charge in [-0.15, -0.1) is 0 Å². The summed E-state index contributed by atoms with van der Waals surface area (Å²) in [6.07, 6.45) is 3.68. The summed E-state index contributed by atoms with van der Waals surface area (Å²) < 4.78 is 0. The Labute approximate surface area is 111 Å². The lowest BCUT2D eigenvalue weighted by atomic mass is 9.91. The van der Waals surface area contributed by atoms with Crippen LogP contribution in [0.1, 0.15) is 32.3 Å². The first kappa shape index (κ1) is 13.4. The van der Waals surface area contributed by atoms with Crippen molar-refractivity contribution in [1.29, 1.82) is 0 Å². The molecule has 1 aliphatic rings. The fraction of sp³-hybridized carbons (Fsp3) is 0.625. The molecule has 1 heterocycles. The van der Waals surface area contributed by atoms with Crippen LogP contribution in [0.15, 0.2) is 24.3 Å². The molecule has 0 saturated carbocycles. The molecule has 100 valence electrons. The Bertz CT molecular complexity index is 371. The molecule has 0 radical (unpaired) electrons. The van der Waals surface area contributed by atoms with Crippen molar-refractivity contribution in [3.63, 3.8) is 0 Å². The molecule has 0 bridgehead atoms. The normalized spacial score (nSPS) is 19.1. The van der Waals surface area contributed by atoms with E-state index in [1.54, 1.807) is 0 Å². The number of benzene rings is 1. The second-order valence-electron chi connectivity index (χ2n) is 5.52. The summed E-state index contributed by atoms with van der Waals surface area (Å²) in [6.45, 7) is 7.70. The van der Waals surface area contributed by atoms with E-state index in [1.807, 2.05) is 0 Å². The summed E-state index contributed by atoms with van der Waals surface area (Å²) in [5.74, 6) is 1.42. The molecule has 0 aliphatic carbocycles. The minimum Gasteiger partial charge on any atom is -0.371 e. The van der Waals surface area contributed by atoms with Gasteiger partial charge in [-0.1, -0.05) is 44.9 Å². The van der Waals surface area contributed by atoms with Crippen LogP contribution in [0.4, 0.5) is 5.69 Å². The van der Waals surface area contributed by atoms with Crippen molar-refractivity contribution in [2.45, 2.75) is 33.1 Å². The van der Waals surface area contributed by atoms with Gasteiger partial charge in [0.15, 0.2) is 0 Å². The van der Waals surface area contributed by atoms with Gasteiger partial charge in [-0.3, -0.25) is 0 Å². The standard InChI is InChI=1S/C16H26N2/c1-3-13(4-2)11-18-12-14(10-17)9-15-7-5-6-8-16(15)18/h5-8,13-14H,3-4,9-12,17H2,1-2H3. The van der Waals surface area contributed by atoms with Gasteiger partial charge in [-0.25, -0.2) is 0 Å². The molecule has 0 amide bonds. The predicted molar refractivity (Wildman–Crippen MR) is 79.0 cm³/mol. The number of nitrogens with two attached hydrogens (primary N) is 1. The highest BCUT2D eigenvalue weighted by molar-refractivity contribution is 5.55. The van der Waals surface area contributed by atoms with Crippen molar-refractivity contribution >= 4 is 5.69 Å². The molecule has 1 aromatic carbocycles. The van der Waals surface area contributed by atoms with Crippen LogP contribution in [-0.2, 0) is 6.42 Å². The van der Waals surface area contributed by atoms with Crippen molar-refractivity contribution in [2.75, 3.05) is 24.5 Å². The lowest BCUT2D eigenvalue weighted by Crippen LogP contribution is -2.41. The lowest BCUT2D eigenvalue weighted by Gasteiger charge is -2.37. The largest absolute Gasteiger partial charge is 0.371 e. The predicted octanol–water partition coefficient (Wildman–Crippen LogP) is 3.06. The molecule has 2 rings (SSSR count). The van der Waals surface area contributed by atoms with E-state index in [4.69, 9.17) is 5.73 Å². The van der Waals surface area contributed by atoms with Gasteiger partial charge < -0.3 is 10.6 Å². The van der Waals surface area contributed by atoms with E-state index in [1.165, 1.54) is 30.6 Å². The molecule has 18 heavy (non-hydrogen) atoms. The Hall–Kier alpha value is -1.02. The first-order valence-corrected chi connectivity index (χ1v) is 7.31. The van der Waals surface area contributed by atoms with Crippen LogP contribution in [0.5, 0.6) is 0 Å². The molecule has 1 unspecified atom stereocenters. The van der Waals surface area contributed by atoms with Gasteiger partial charge in [-0.05, 0) is 36.4 Å². The van der Waals surface area contributed by atoms with Crippen LogP contribution in [-0.4, -0.2) is 19.6 Å². The monoisotopic (exact) mass is 246 g/mol. The van der Waals surface area contributed by atoms with E-state index >= 15 is 0 Å². The number of rotatable bonds is 5. The Balaban J connectivity index is 2.18. The number of nitrogens with zero attached hydrogens (tertiary/aromatic N) is 1. The van der Waals surface area contributed by atoms with E-state index in [2.05, 4.69) is 43.0 Å². The maximum absolute atomic E-state index is 5.89. The molecule has 0 aromatic heterocycles. The van der Waals surface area contributed by atoms with E-state index in [0.29, 0.717) is 5.92 Å². The summed E-state index contributed by atoms with van der Waals surface area (Å²) in [6, 6.07) is 8.83. The Morgan fingerprint density at radius 2 is 2.00 bits per heavy atom. The highest BCUT2D eigenvalue weighted by Crippen LogP contribution is 2.30. The molecule has 2 nitrogen and oxygen atoms in total. The fourth-order valence-corrected chi connectivity index (χ4v) is 2.97. The molecule has 0 spiro atoms. The molecule has 2 N–H and O–H groups in total. The van der Waals surface area contributed by atoms with Gasteiger partial charge in [0, 0.05) is 18.8 Å². The van der Waals surface area contributed by atoms with E-state index in [9.17, 15) is 0 Å². The maximum atomic E-state index is 5.89. The number of hydrogen-bond acceptors (Lipinski definition) is 2. The fourth-order valence-electron chi connectivity index (χ4n) is 2.97. The van der Waals surface area contributed by atoms with Crippen molar-refractivity contribution < 1.29 is 0 Å². The summed E-state index contributed by atoms with van der Waals surface area (Å²) in [5.41, 5.74) is 8.81. The van der Waals surface area contributed by atoms with Gasteiger partial charge in [-0.2, -0.15) is 0 Å². The number of hydrogen-bond donors (Lipinski definition) is 1. The first-order valence-electron chi connectivity index (χ1n) is 7.31. The quantitative estimate of drug-likeness (QED) is 0.865.